The van der Waals surface area contributed by atoms with Crippen LogP contribution in [0.1, 0.15) is 29.3 Å². The molecule has 0 saturated heterocycles. The lowest BCUT2D eigenvalue weighted by atomic mass is 10.1. The number of alkyl halides is 3. The van der Waals surface area contributed by atoms with Crippen LogP contribution in [0.4, 0.5) is 18.9 Å². The van der Waals surface area contributed by atoms with E-state index in [1.165, 1.54) is 19.2 Å². The summed E-state index contributed by atoms with van der Waals surface area (Å²) in [6, 6.07) is 3.48. The number of halogens is 3. The van der Waals surface area contributed by atoms with Crippen molar-refractivity contribution in [3.63, 3.8) is 0 Å². The van der Waals surface area contributed by atoms with Crippen LogP contribution in [0.25, 0.3) is 0 Å². The van der Waals surface area contributed by atoms with Crippen LogP contribution < -0.4 is 10.6 Å². The topological polar surface area (TPSA) is 41.1 Å². The molecule has 0 bridgehead atoms. The highest BCUT2D eigenvalue weighted by atomic mass is 19.4. The molecule has 0 aliphatic heterocycles. The number of amides is 1. The lowest BCUT2D eigenvalue weighted by molar-refractivity contribution is -0.136. The second-order valence-electron chi connectivity index (χ2n) is 3.76. The van der Waals surface area contributed by atoms with Gasteiger partial charge in [0.25, 0.3) is 5.91 Å². The Morgan fingerprint density at radius 1 is 1.33 bits per heavy atom. The molecular formula is C12H15F3N2O. The molecule has 1 rings (SSSR count). The largest absolute Gasteiger partial charge is 0.418 e. The van der Waals surface area contributed by atoms with E-state index in [0.717, 1.165) is 12.5 Å². The van der Waals surface area contributed by atoms with Crippen LogP contribution in [0.3, 0.4) is 0 Å². The smallest absolute Gasteiger partial charge is 0.388 e. The van der Waals surface area contributed by atoms with E-state index in [4.69, 9.17) is 0 Å². The molecule has 0 aliphatic carbocycles. The Balaban J connectivity index is 3.07. The molecule has 0 spiro atoms. The zero-order chi connectivity index (χ0) is 13.8. The maximum Gasteiger partial charge on any atom is 0.418 e. The predicted octanol–water partition coefficient (Wildman–Crippen LogP) is 2.89. The van der Waals surface area contributed by atoms with Crippen molar-refractivity contribution in [1.82, 2.24) is 5.32 Å². The summed E-state index contributed by atoms with van der Waals surface area (Å²) < 4.78 is 38.3. The number of nitrogens with one attached hydrogen (secondary N) is 2. The third kappa shape index (κ3) is 3.38. The third-order valence-electron chi connectivity index (χ3n) is 2.39. The van der Waals surface area contributed by atoms with Gasteiger partial charge in [0.2, 0.25) is 0 Å². The Morgan fingerprint density at radius 3 is 2.50 bits per heavy atom. The average Bonchev–Trinajstić information content (AvgIpc) is 2.34. The first-order chi connectivity index (χ1) is 8.40. The molecular weight excluding hydrogens is 245 g/mol. The molecule has 0 saturated carbocycles. The minimum Gasteiger partial charge on any atom is -0.388 e. The Labute approximate surface area is 103 Å². The van der Waals surface area contributed by atoms with Gasteiger partial charge in [-0.25, -0.2) is 0 Å². The third-order valence-corrected chi connectivity index (χ3v) is 2.39. The van der Waals surface area contributed by atoms with Gasteiger partial charge in [0, 0.05) is 24.8 Å². The standard InChI is InChI=1S/C12H15F3N2O/c1-3-6-17-11(18)8-4-5-10(16-2)9(7-8)12(13,14)15/h4-5,7,16H,3,6H2,1-2H3,(H,17,18). The lowest BCUT2D eigenvalue weighted by Crippen LogP contribution is -2.24. The molecule has 3 nitrogen and oxygen atoms in total. The van der Waals surface area contributed by atoms with Gasteiger partial charge >= 0.3 is 6.18 Å². The molecule has 0 aliphatic rings. The normalized spacial score (nSPS) is 11.2. The monoisotopic (exact) mass is 260 g/mol. The van der Waals surface area contributed by atoms with Crippen molar-refractivity contribution in [2.75, 3.05) is 18.9 Å². The quantitative estimate of drug-likeness (QED) is 0.874. The van der Waals surface area contributed by atoms with Crippen molar-refractivity contribution < 1.29 is 18.0 Å². The summed E-state index contributed by atoms with van der Waals surface area (Å²) in [6.45, 7) is 2.31. The van der Waals surface area contributed by atoms with Gasteiger partial charge < -0.3 is 10.6 Å². The van der Waals surface area contributed by atoms with Crippen LogP contribution in [-0.4, -0.2) is 19.5 Å². The molecule has 1 amide bonds. The minimum atomic E-state index is -4.49. The maximum absolute atomic E-state index is 12.8. The van der Waals surface area contributed by atoms with Crippen molar-refractivity contribution in [2.24, 2.45) is 0 Å². The van der Waals surface area contributed by atoms with Crippen LogP contribution in [0.2, 0.25) is 0 Å². The van der Waals surface area contributed by atoms with Crippen LogP contribution >= 0.6 is 0 Å². The van der Waals surface area contributed by atoms with E-state index in [-0.39, 0.29) is 11.3 Å². The Morgan fingerprint density at radius 2 is 2.00 bits per heavy atom. The first kappa shape index (κ1) is 14.3. The fourth-order valence-corrected chi connectivity index (χ4v) is 1.48. The van der Waals surface area contributed by atoms with Gasteiger partial charge in [0.05, 0.1) is 5.56 Å². The molecule has 0 atom stereocenters. The number of anilines is 1. The van der Waals surface area contributed by atoms with Crippen molar-refractivity contribution in [1.29, 1.82) is 0 Å². The number of benzene rings is 1. The van der Waals surface area contributed by atoms with E-state index in [9.17, 15) is 18.0 Å². The molecule has 6 heteroatoms. The van der Waals surface area contributed by atoms with Gasteiger partial charge in [-0.2, -0.15) is 13.2 Å². The van der Waals surface area contributed by atoms with E-state index in [0.29, 0.717) is 6.54 Å². The summed E-state index contributed by atoms with van der Waals surface area (Å²) in [6.07, 6.45) is -3.76. The molecule has 0 unspecified atom stereocenters. The van der Waals surface area contributed by atoms with Crippen LogP contribution in [0.15, 0.2) is 18.2 Å². The summed E-state index contributed by atoms with van der Waals surface area (Å²) in [5.41, 5.74) is -0.876. The summed E-state index contributed by atoms with van der Waals surface area (Å²) in [4.78, 5) is 11.6. The predicted molar refractivity (Wildman–Crippen MR) is 63.6 cm³/mol. The Bertz CT molecular complexity index is 430. The van der Waals surface area contributed by atoms with Crippen LogP contribution in [-0.2, 0) is 6.18 Å². The van der Waals surface area contributed by atoms with Gasteiger partial charge in [-0.05, 0) is 24.6 Å². The van der Waals surface area contributed by atoms with Gasteiger partial charge in [-0.3, -0.25) is 4.79 Å². The highest BCUT2D eigenvalue weighted by Gasteiger charge is 2.34. The van der Waals surface area contributed by atoms with E-state index in [1.54, 1.807) is 0 Å². The van der Waals surface area contributed by atoms with Crippen molar-refractivity contribution in [2.45, 2.75) is 19.5 Å². The van der Waals surface area contributed by atoms with E-state index >= 15 is 0 Å². The SMILES string of the molecule is CCCNC(=O)c1ccc(NC)c(C(F)(F)F)c1. The van der Waals surface area contributed by atoms with Crippen molar-refractivity contribution >= 4 is 11.6 Å². The molecule has 2 N–H and O–H groups in total. The summed E-state index contributed by atoms with van der Waals surface area (Å²) >= 11 is 0. The fourth-order valence-electron chi connectivity index (χ4n) is 1.48. The van der Waals surface area contributed by atoms with Gasteiger partial charge in [0.15, 0.2) is 0 Å². The Kier molecular flexibility index (Phi) is 4.58. The molecule has 0 radical (unpaired) electrons. The van der Waals surface area contributed by atoms with E-state index < -0.39 is 17.6 Å². The fraction of sp³-hybridized carbons (Fsp3) is 0.417. The Hall–Kier alpha value is -1.72. The molecule has 1 aromatic rings. The second-order valence-corrected chi connectivity index (χ2v) is 3.76. The van der Waals surface area contributed by atoms with E-state index in [2.05, 4.69) is 10.6 Å². The number of hydrogen-bond donors (Lipinski definition) is 2. The number of rotatable bonds is 4. The van der Waals surface area contributed by atoms with Crippen LogP contribution in [0.5, 0.6) is 0 Å². The molecule has 18 heavy (non-hydrogen) atoms. The number of carbonyl (C=O) groups excluding carboxylic acids is 1. The summed E-state index contributed by atoms with van der Waals surface area (Å²) in [5.74, 6) is -0.495. The lowest BCUT2D eigenvalue weighted by Gasteiger charge is -2.14. The van der Waals surface area contributed by atoms with Crippen molar-refractivity contribution in [3.05, 3.63) is 29.3 Å². The summed E-state index contributed by atoms with van der Waals surface area (Å²) in [5, 5.41) is 5.00. The minimum absolute atomic E-state index is 0.00905. The number of carbonyl (C=O) groups is 1. The second kappa shape index (κ2) is 5.75. The van der Waals surface area contributed by atoms with Gasteiger partial charge in [-0.15, -0.1) is 0 Å². The highest BCUT2D eigenvalue weighted by molar-refractivity contribution is 5.94. The van der Waals surface area contributed by atoms with E-state index in [1.807, 2.05) is 6.92 Å². The zero-order valence-electron chi connectivity index (χ0n) is 10.2. The van der Waals surface area contributed by atoms with Gasteiger partial charge in [-0.1, -0.05) is 6.92 Å². The van der Waals surface area contributed by atoms with Crippen LogP contribution in [0, 0.1) is 0 Å². The molecule has 0 aromatic heterocycles. The first-order valence-corrected chi connectivity index (χ1v) is 5.57. The van der Waals surface area contributed by atoms with Crippen molar-refractivity contribution in [3.8, 4) is 0 Å². The number of hydrogen-bond acceptors (Lipinski definition) is 2. The molecule has 1 aromatic carbocycles. The first-order valence-electron chi connectivity index (χ1n) is 5.57. The average molecular weight is 260 g/mol. The zero-order valence-corrected chi connectivity index (χ0v) is 10.2. The highest BCUT2D eigenvalue weighted by Crippen LogP contribution is 2.35. The van der Waals surface area contributed by atoms with Gasteiger partial charge in [0.1, 0.15) is 0 Å². The molecule has 100 valence electrons. The molecule has 0 heterocycles. The molecule has 0 fully saturated rings. The summed E-state index contributed by atoms with van der Waals surface area (Å²) in [7, 11) is 1.40. The maximum atomic E-state index is 12.8.